The van der Waals surface area contributed by atoms with Crippen LogP contribution in [-0.2, 0) is 20.7 Å². The monoisotopic (exact) mass is 595 g/mol. The third-order valence-corrected chi connectivity index (χ3v) is 7.79. The number of carboxylic acid groups (broad SMARTS) is 1. The molecule has 1 saturated heterocycles. The zero-order valence-electron chi connectivity index (χ0n) is 25.6. The number of carboxylic acids is 1. The van der Waals surface area contributed by atoms with Crippen molar-refractivity contribution >= 4 is 11.9 Å². The third-order valence-electron chi connectivity index (χ3n) is 7.79. The van der Waals surface area contributed by atoms with Crippen LogP contribution in [0.15, 0.2) is 6.07 Å². The molecule has 238 valence electrons. The summed E-state index contributed by atoms with van der Waals surface area (Å²) in [7, 11) is 1.38. The van der Waals surface area contributed by atoms with Crippen molar-refractivity contribution in [2.75, 3.05) is 7.11 Å². The summed E-state index contributed by atoms with van der Waals surface area (Å²) in [5.74, 6) is -0.237. The van der Waals surface area contributed by atoms with Crippen molar-refractivity contribution in [2.24, 2.45) is 5.41 Å². The molecular formula is C31H49NO10. The van der Waals surface area contributed by atoms with Gasteiger partial charge in [0.25, 0.3) is 5.91 Å². The van der Waals surface area contributed by atoms with Gasteiger partial charge >= 0.3 is 5.97 Å². The number of rotatable bonds is 14. The number of phenolic OH excluding ortho intramolecular Hbond substituents is 1. The standard InChI is InChI=1S/C29H43NO10.C2H6/c1-6-7-8-12-19(32)26(36)30-27(39-5)22-15-23(35)29(3,4)24(40-22)13-17(31)10-9-11-18-16(2)20(33)14-21(34)25(18)28(37)38;1-2/h1,14,17,19,22-24,27,31-35H,7-13,15H2,2-5H3,(H,30,36)(H,37,38);1-2H3/t17-,19?,22+,23?,24?,27?;/m1./s1. The quantitative estimate of drug-likeness (QED) is 0.0958. The van der Waals surface area contributed by atoms with E-state index in [4.69, 9.17) is 15.9 Å². The van der Waals surface area contributed by atoms with Crippen molar-refractivity contribution in [3.05, 3.63) is 22.8 Å². The number of methoxy groups -OCH3 is 1. The molecule has 0 aromatic heterocycles. The number of hydrogen-bond acceptors (Lipinski definition) is 9. The normalized spacial score (nSPS) is 21.7. The van der Waals surface area contributed by atoms with Crippen LogP contribution in [0.4, 0.5) is 0 Å². The summed E-state index contributed by atoms with van der Waals surface area (Å²) < 4.78 is 11.6. The number of amides is 1. The summed E-state index contributed by atoms with van der Waals surface area (Å²) in [4.78, 5) is 24.1. The number of aliphatic hydroxyl groups excluding tert-OH is 3. The third kappa shape index (κ3) is 9.85. The Morgan fingerprint density at radius 3 is 2.40 bits per heavy atom. The molecule has 0 radical (unpaired) electrons. The van der Waals surface area contributed by atoms with Crippen molar-refractivity contribution in [3.63, 3.8) is 0 Å². The molecule has 0 bridgehead atoms. The molecule has 2 rings (SSSR count). The van der Waals surface area contributed by atoms with E-state index in [9.17, 15) is 40.2 Å². The molecule has 7 N–H and O–H groups in total. The second-order valence-electron chi connectivity index (χ2n) is 11.0. The SMILES string of the molecule is C#CCCCC(O)C(=O)NC(OC)[C@@H]1CC(O)C(C)(C)C(C[C@H](O)CCCc2c(C)c(O)cc(O)c2C(=O)O)O1.CC. The van der Waals surface area contributed by atoms with Crippen LogP contribution in [0, 0.1) is 24.7 Å². The minimum absolute atomic E-state index is 0.149. The maximum absolute atomic E-state index is 12.5. The van der Waals surface area contributed by atoms with Crippen LogP contribution in [0.5, 0.6) is 11.5 Å². The maximum Gasteiger partial charge on any atom is 0.339 e. The van der Waals surface area contributed by atoms with Crippen molar-refractivity contribution in [2.45, 2.75) is 123 Å². The second-order valence-corrected chi connectivity index (χ2v) is 11.0. The Kier molecular flexibility index (Phi) is 15.3. The Balaban J connectivity index is 0.00000431. The summed E-state index contributed by atoms with van der Waals surface area (Å²) in [6.45, 7) is 9.20. The van der Waals surface area contributed by atoms with Gasteiger partial charge in [-0.05, 0) is 50.2 Å². The molecule has 1 aliphatic rings. The van der Waals surface area contributed by atoms with Crippen molar-refractivity contribution in [3.8, 4) is 23.8 Å². The first-order chi connectivity index (χ1) is 19.7. The minimum Gasteiger partial charge on any atom is -0.508 e. The number of ether oxygens (including phenoxy) is 2. The van der Waals surface area contributed by atoms with Gasteiger partial charge < -0.3 is 45.4 Å². The summed E-state index contributed by atoms with van der Waals surface area (Å²) in [6.07, 6.45) is 2.16. The Labute approximate surface area is 248 Å². The lowest BCUT2D eigenvalue weighted by Gasteiger charge is -2.47. The lowest BCUT2D eigenvalue weighted by Crippen LogP contribution is -2.58. The number of unbranched alkanes of at least 4 members (excludes halogenated alkanes) is 1. The van der Waals surface area contributed by atoms with Crippen LogP contribution in [-0.4, -0.2) is 86.4 Å². The highest BCUT2D eigenvalue weighted by molar-refractivity contribution is 5.93. The Morgan fingerprint density at radius 1 is 1.19 bits per heavy atom. The van der Waals surface area contributed by atoms with Crippen LogP contribution in [0.2, 0.25) is 0 Å². The molecule has 1 amide bonds. The molecule has 1 aromatic rings. The van der Waals surface area contributed by atoms with Gasteiger partial charge in [-0.2, -0.15) is 0 Å². The fraction of sp³-hybridized carbons (Fsp3) is 0.677. The van der Waals surface area contributed by atoms with Crippen LogP contribution in [0.25, 0.3) is 0 Å². The van der Waals surface area contributed by atoms with Crippen LogP contribution < -0.4 is 5.32 Å². The average Bonchev–Trinajstić information content (AvgIpc) is 2.93. The molecule has 0 spiro atoms. The molecule has 1 fully saturated rings. The number of carbonyl (C=O) groups excluding carboxylic acids is 1. The van der Waals surface area contributed by atoms with Crippen LogP contribution >= 0.6 is 0 Å². The van der Waals surface area contributed by atoms with Crippen molar-refractivity contribution in [1.29, 1.82) is 0 Å². The fourth-order valence-electron chi connectivity index (χ4n) is 5.04. The molecule has 6 atom stereocenters. The van der Waals surface area contributed by atoms with E-state index in [0.717, 1.165) is 6.07 Å². The van der Waals surface area contributed by atoms with E-state index in [0.29, 0.717) is 30.4 Å². The van der Waals surface area contributed by atoms with Crippen molar-refractivity contribution in [1.82, 2.24) is 5.32 Å². The highest BCUT2D eigenvalue weighted by Gasteiger charge is 2.47. The number of aromatic hydroxyl groups is 2. The molecular weight excluding hydrogens is 546 g/mol. The molecule has 4 unspecified atom stereocenters. The molecule has 1 aromatic carbocycles. The summed E-state index contributed by atoms with van der Waals surface area (Å²) >= 11 is 0. The maximum atomic E-state index is 12.5. The Hall–Kier alpha value is -2.88. The van der Waals surface area contributed by atoms with E-state index in [1.165, 1.54) is 7.11 Å². The zero-order valence-corrected chi connectivity index (χ0v) is 25.6. The largest absolute Gasteiger partial charge is 0.508 e. The number of carbonyl (C=O) groups is 2. The van der Waals surface area contributed by atoms with Gasteiger partial charge in [-0.15, -0.1) is 12.3 Å². The van der Waals surface area contributed by atoms with E-state index < -0.39 is 59.8 Å². The topological polar surface area (TPSA) is 186 Å². The molecule has 42 heavy (non-hydrogen) atoms. The first-order valence-corrected chi connectivity index (χ1v) is 14.5. The predicted octanol–water partition coefficient (Wildman–Crippen LogP) is 3.00. The highest BCUT2D eigenvalue weighted by atomic mass is 16.6. The number of phenols is 2. The number of terminal acetylenes is 1. The van der Waals surface area contributed by atoms with Crippen LogP contribution in [0.3, 0.4) is 0 Å². The molecule has 0 saturated carbocycles. The second kappa shape index (κ2) is 17.3. The number of nitrogens with one attached hydrogen (secondary N) is 1. The minimum atomic E-state index is -1.31. The number of benzene rings is 1. The lowest BCUT2D eigenvalue weighted by molar-refractivity contribution is -0.214. The first-order valence-electron chi connectivity index (χ1n) is 14.5. The number of aromatic carboxylic acids is 1. The van der Waals surface area contributed by atoms with Gasteiger partial charge in [0.1, 0.15) is 29.3 Å². The van der Waals surface area contributed by atoms with Crippen molar-refractivity contribution < 1.29 is 49.7 Å². The molecule has 11 heteroatoms. The molecule has 11 nitrogen and oxygen atoms in total. The Morgan fingerprint density at radius 2 is 1.83 bits per heavy atom. The van der Waals surface area contributed by atoms with E-state index in [-0.39, 0.29) is 43.4 Å². The van der Waals surface area contributed by atoms with Gasteiger partial charge in [-0.25, -0.2) is 4.79 Å². The van der Waals surface area contributed by atoms with E-state index >= 15 is 0 Å². The summed E-state index contributed by atoms with van der Waals surface area (Å²) in [6, 6.07) is 0.997. The van der Waals surface area contributed by atoms with E-state index in [1.54, 1.807) is 6.92 Å². The fourth-order valence-corrected chi connectivity index (χ4v) is 5.04. The van der Waals surface area contributed by atoms with Crippen LogP contribution in [0.1, 0.15) is 94.1 Å². The van der Waals surface area contributed by atoms with Gasteiger partial charge in [0, 0.05) is 37.9 Å². The molecule has 1 aliphatic heterocycles. The van der Waals surface area contributed by atoms with Gasteiger partial charge in [0.2, 0.25) is 0 Å². The predicted molar refractivity (Wildman–Crippen MR) is 157 cm³/mol. The first kappa shape index (κ1) is 37.1. The zero-order chi connectivity index (χ0) is 32.2. The molecule has 1 heterocycles. The van der Waals surface area contributed by atoms with Gasteiger partial charge in [-0.3, -0.25) is 4.79 Å². The summed E-state index contributed by atoms with van der Waals surface area (Å²) in [5.41, 5.74) is -0.372. The average molecular weight is 596 g/mol. The summed E-state index contributed by atoms with van der Waals surface area (Å²) in [5, 5.41) is 64.0. The number of hydrogen-bond donors (Lipinski definition) is 7. The van der Waals surface area contributed by atoms with Gasteiger partial charge in [-0.1, -0.05) is 27.7 Å². The smallest absolute Gasteiger partial charge is 0.339 e. The van der Waals surface area contributed by atoms with E-state index in [1.807, 2.05) is 27.7 Å². The number of aliphatic hydroxyl groups is 3. The molecule has 0 aliphatic carbocycles. The highest BCUT2D eigenvalue weighted by Crippen LogP contribution is 2.40. The lowest BCUT2D eigenvalue weighted by atomic mass is 9.74. The van der Waals surface area contributed by atoms with Gasteiger partial charge in [0.15, 0.2) is 6.23 Å². The van der Waals surface area contributed by atoms with Gasteiger partial charge in [0.05, 0.1) is 18.3 Å². The van der Waals surface area contributed by atoms with E-state index in [2.05, 4.69) is 11.2 Å². The Bertz CT molecular complexity index is 1070.